The summed E-state index contributed by atoms with van der Waals surface area (Å²) >= 11 is 0. The van der Waals surface area contributed by atoms with Gasteiger partial charge in [0.25, 0.3) is 0 Å². The molecule has 0 spiro atoms. The van der Waals surface area contributed by atoms with Gasteiger partial charge in [0, 0.05) is 42.7 Å². The Hall–Kier alpha value is -2.36. The second kappa shape index (κ2) is 8.88. The van der Waals surface area contributed by atoms with E-state index in [2.05, 4.69) is 13.8 Å². The van der Waals surface area contributed by atoms with Crippen LogP contribution in [0.5, 0.6) is 5.75 Å². The number of carbonyl (C=O) groups excluding carboxylic acids is 2. The van der Waals surface area contributed by atoms with Crippen LogP contribution < -0.4 is 4.74 Å². The lowest BCUT2D eigenvalue weighted by Crippen LogP contribution is -2.33. The molecule has 2 unspecified atom stereocenters. The van der Waals surface area contributed by atoms with Crippen molar-refractivity contribution in [2.75, 3.05) is 6.61 Å². The Kier molecular flexibility index (Phi) is 5.96. The zero-order valence-electron chi connectivity index (χ0n) is 19.3. The number of ether oxygens (including phenoxy) is 2. The quantitative estimate of drug-likeness (QED) is 0.561. The summed E-state index contributed by atoms with van der Waals surface area (Å²) in [6.45, 7) is 4.96. The predicted molar refractivity (Wildman–Crippen MR) is 123 cm³/mol. The van der Waals surface area contributed by atoms with E-state index >= 15 is 0 Å². The number of ketones is 2. The van der Waals surface area contributed by atoms with E-state index in [1.807, 2.05) is 24.3 Å². The lowest BCUT2D eigenvalue weighted by molar-refractivity contribution is -0.118. The zero-order valence-corrected chi connectivity index (χ0v) is 19.3. The van der Waals surface area contributed by atoms with E-state index in [-0.39, 0.29) is 29.3 Å². The summed E-state index contributed by atoms with van der Waals surface area (Å²) in [4.78, 5) is 26.2. The van der Waals surface area contributed by atoms with Crippen molar-refractivity contribution in [2.45, 2.75) is 77.6 Å². The average Bonchev–Trinajstić information content (AvgIpc) is 2.77. The van der Waals surface area contributed by atoms with E-state index in [0.29, 0.717) is 29.9 Å². The highest BCUT2D eigenvalue weighted by Crippen LogP contribution is 2.49. The Morgan fingerprint density at radius 1 is 0.812 bits per heavy atom. The van der Waals surface area contributed by atoms with Crippen LogP contribution in [-0.4, -0.2) is 18.2 Å². The van der Waals surface area contributed by atoms with Crippen LogP contribution in [0.3, 0.4) is 0 Å². The van der Waals surface area contributed by atoms with E-state index in [1.165, 1.54) is 32.1 Å². The average molecular weight is 435 g/mol. The normalized spacial score (nSPS) is 28.9. The molecule has 3 aliphatic carbocycles. The Morgan fingerprint density at radius 3 is 1.94 bits per heavy atom. The van der Waals surface area contributed by atoms with Crippen molar-refractivity contribution in [1.82, 2.24) is 0 Å². The van der Waals surface area contributed by atoms with Crippen molar-refractivity contribution in [1.29, 1.82) is 0 Å². The van der Waals surface area contributed by atoms with Crippen molar-refractivity contribution in [3.63, 3.8) is 0 Å². The van der Waals surface area contributed by atoms with Crippen LogP contribution in [0.25, 0.3) is 0 Å². The summed E-state index contributed by atoms with van der Waals surface area (Å²) in [5.41, 5.74) is 2.41. The number of Topliss-reactive ketones (excluding diaryl/α,β-unsaturated/α-hetero) is 2. The molecule has 1 aliphatic heterocycles. The molecular weight excluding hydrogens is 400 g/mol. The number of hydrogen-bond acceptors (Lipinski definition) is 4. The number of hydrogen-bond donors (Lipinski definition) is 0. The minimum atomic E-state index is -0.304. The molecule has 170 valence electrons. The van der Waals surface area contributed by atoms with Gasteiger partial charge >= 0.3 is 0 Å². The molecule has 1 aromatic carbocycles. The largest absolute Gasteiger partial charge is 0.493 e. The summed E-state index contributed by atoms with van der Waals surface area (Å²) in [5, 5.41) is 0. The second-order valence-corrected chi connectivity index (χ2v) is 10.5. The van der Waals surface area contributed by atoms with Gasteiger partial charge in [0.15, 0.2) is 11.6 Å². The third-order valence-electron chi connectivity index (χ3n) is 7.58. The van der Waals surface area contributed by atoms with Crippen LogP contribution >= 0.6 is 0 Å². The van der Waals surface area contributed by atoms with Crippen LogP contribution in [0.4, 0.5) is 0 Å². The standard InChI is InChI=1S/C28H34O4/c1-17-12-22(29)27-24(14-17)32-25-15-18(2)13-23(30)28(25)26(27)20-8-10-21(11-9-20)31-16-19-6-4-3-5-7-19/h8-11,17-19,26H,3-7,12-16H2,1-2H3. The molecule has 0 saturated heterocycles. The molecule has 1 fully saturated rings. The maximum Gasteiger partial charge on any atom is 0.163 e. The third kappa shape index (κ3) is 4.16. The van der Waals surface area contributed by atoms with Crippen molar-refractivity contribution < 1.29 is 19.1 Å². The molecule has 2 atom stereocenters. The van der Waals surface area contributed by atoms with E-state index < -0.39 is 0 Å². The second-order valence-electron chi connectivity index (χ2n) is 10.5. The molecule has 4 aliphatic rings. The fourth-order valence-corrected chi connectivity index (χ4v) is 5.95. The molecule has 4 heteroatoms. The van der Waals surface area contributed by atoms with Gasteiger partial charge in [-0.05, 0) is 48.3 Å². The first-order valence-electron chi connectivity index (χ1n) is 12.4. The predicted octanol–water partition coefficient (Wildman–Crippen LogP) is 6.27. The zero-order chi connectivity index (χ0) is 22.2. The summed E-state index contributed by atoms with van der Waals surface area (Å²) in [5.74, 6) is 3.59. The van der Waals surface area contributed by atoms with Gasteiger partial charge in [-0.15, -0.1) is 0 Å². The lowest BCUT2D eigenvalue weighted by atomic mass is 9.70. The van der Waals surface area contributed by atoms with Gasteiger partial charge in [0.05, 0.1) is 6.61 Å². The van der Waals surface area contributed by atoms with E-state index in [9.17, 15) is 9.59 Å². The number of allylic oxidation sites excluding steroid dienone is 4. The Morgan fingerprint density at radius 2 is 1.38 bits per heavy atom. The fraction of sp³-hybridized carbons (Fsp3) is 0.571. The summed E-state index contributed by atoms with van der Waals surface area (Å²) in [7, 11) is 0. The molecule has 0 N–H and O–H groups in total. The van der Waals surface area contributed by atoms with Crippen LogP contribution in [0.15, 0.2) is 46.9 Å². The number of rotatable bonds is 4. The highest BCUT2D eigenvalue weighted by atomic mass is 16.5. The van der Waals surface area contributed by atoms with Gasteiger partial charge in [0.1, 0.15) is 17.3 Å². The van der Waals surface area contributed by atoms with Gasteiger partial charge in [-0.2, -0.15) is 0 Å². The highest BCUT2D eigenvalue weighted by molar-refractivity contribution is 6.06. The molecule has 1 aromatic rings. The third-order valence-corrected chi connectivity index (χ3v) is 7.58. The molecule has 4 nitrogen and oxygen atoms in total. The topological polar surface area (TPSA) is 52.6 Å². The first-order chi connectivity index (χ1) is 15.5. The number of carbonyl (C=O) groups is 2. The Balaban J connectivity index is 1.44. The summed E-state index contributed by atoms with van der Waals surface area (Å²) in [6, 6.07) is 8.08. The van der Waals surface area contributed by atoms with Crippen molar-refractivity contribution in [3.8, 4) is 5.75 Å². The van der Waals surface area contributed by atoms with Gasteiger partial charge in [-0.25, -0.2) is 0 Å². The lowest BCUT2D eigenvalue weighted by Gasteiger charge is -2.38. The monoisotopic (exact) mass is 434 g/mol. The maximum atomic E-state index is 13.1. The molecule has 0 aromatic heterocycles. The van der Waals surface area contributed by atoms with Crippen LogP contribution in [0, 0.1) is 17.8 Å². The Bertz CT molecular complexity index is 916. The Labute approximate surface area is 191 Å². The van der Waals surface area contributed by atoms with Crippen molar-refractivity contribution in [2.24, 2.45) is 17.8 Å². The molecule has 32 heavy (non-hydrogen) atoms. The molecule has 0 amide bonds. The van der Waals surface area contributed by atoms with Crippen molar-refractivity contribution >= 4 is 11.6 Å². The first kappa shape index (κ1) is 21.5. The molecular formula is C28H34O4. The molecule has 1 saturated carbocycles. The minimum Gasteiger partial charge on any atom is -0.493 e. The molecule has 1 heterocycles. The summed E-state index contributed by atoms with van der Waals surface area (Å²) in [6.07, 6.45) is 9.06. The van der Waals surface area contributed by atoms with Crippen molar-refractivity contribution in [3.05, 3.63) is 52.5 Å². The van der Waals surface area contributed by atoms with Gasteiger partial charge < -0.3 is 9.47 Å². The van der Waals surface area contributed by atoms with Gasteiger partial charge in [0.2, 0.25) is 0 Å². The molecule has 5 rings (SSSR count). The molecule has 0 bridgehead atoms. The highest BCUT2D eigenvalue weighted by Gasteiger charge is 2.43. The van der Waals surface area contributed by atoms with Gasteiger partial charge in [-0.3, -0.25) is 9.59 Å². The van der Waals surface area contributed by atoms with E-state index in [4.69, 9.17) is 9.47 Å². The smallest absolute Gasteiger partial charge is 0.163 e. The van der Waals surface area contributed by atoms with E-state index in [0.717, 1.165) is 42.3 Å². The minimum absolute atomic E-state index is 0.124. The number of benzene rings is 1. The van der Waals surface area contributed by atoms with Crippen LogP contribution in [-0.2, 0) is 14.3 Å². The first-order valence-corrected chi connectivity index (χ1v) is 12.4. The van der Waals surface area contributed by atoms with Crippen LogP contribution in [0.1, 0.15) is 83.1 Å². The SMILES string of the molecule is CC1CC(=O)C2=C(C1)OC1=C(C(=O)CC(C)C1)C2c1ccc(OCC2CCCCC2)cc1. The molecule has 0 radical (unpaired) electrons. The maximum absolute atomic E-state index is 13.1. The summed E-state index contributed by atoms with van der Waals surface area (Å²) < 4.78 is 12.3. The van der Waals surface area contributed by atoms with E-state index in [1.54, 1.807) is 0 Å². The van der Waals surface area contributed by atoms with Gasteiger partial charge in [-0.1, -0.05) is 45.2 Å². The van der Waals surface area contributed by atoms with Crippen LogP contribution in [0.2, 0.25) is 0 Å². The fourth-order valence-electron chi connectivity index (χ4n) is 5.95.